The highest BCUT2D eigenvalue weighted by molar-refractivity contribution is 5.66. The molecule has 0 aromatic heterocycles. The number of nitrogens with zero attached hydrogens (tertiary/aromatic N) is 1. The van der Waals surface area contributed by atoms with Crippen molar-refractivity contribution in [2.24, 2.45) is 5.73 Å². The van der Waals surface area contributed by atoms with Crippen molar-refractivity contribution in [3.05, 3.63) is 35.4 Å². The molecular formula is C12H16N2O3. The molecule has 0 saturated heterocycles. The molecule has 0 fully saturated rings. The lowest BCUT2D eigenvalue weighted by molar-refractivity contribution is 0.0431. The monoisotopic (exact) mass is 236 g/mol. The van der Waals surface area contributed by atoms with E-state index < -0.39 is 18.2 Å². The van der Waals surface area contributed by atoms with Crippen LogP contribution in [0, 0.1) is 0 Å². The Hall–Kier alpha value is -1.59. The van der Waals surface area contributed by atoms with Gasteiger partial charge in [-0.2, -0.15) is 0 Å². The second-order valence-corrected chi connectivity index (χ2v) is 4.25. The second kappa shape index (κ2) is 4.73. The summed E-state index contributed by atoms with van der Waals surface area (Å²) in [5, 5.41) is 19.0. The quantitative estimate of drug-likeness (QED) is 0.694. The number of carboxylic acid groups (broad SMARTS) is 1. The number of benzene rings is 1. The summed E-state index contributed by atoms with van der Waals surface area (Å²) >= 11 is 0. The van der Waals surface area contributed by atoms with Crippen LogP contribution < -0.4 is 5.73 Å². The molecule has 1 aliphatic rings. The van der Waals surface area contributed by atoms with Crippen molar-refractivity contribution >= 4 is 6.09 Å². The van der Waals surface area contributed by atoms with Crippen molar-refractivity contribution < 1.29 is 15.0 Å². The van der Waals surface area contributed by atoms with Crippen LogP contribution in [0.4, 0.5) is 4.79 Å². The maximum absolute atomic E-state index is 11.2. The lowest BCUT2D eigenvalue weighted by Gasteiger charge is -2.37. The van der Waals surface area contributed by atoms with Gasteiger partial charge in [-0.05, 0) is 17.5 Å². The molecule has 5 heteroatoms. The molecule has 1 heterocycles. The molecule has 1 amide bonds. The van der Waals surface area contributed by atoms with E-state index in [0.717, 1.165) is 11.1 Å². The molecule has 1 aliphatic heterocycles. The van der Waals surface area contributed by atoms with Gasteiger partial charge in [0.15, 0.2) is 0 Å². The van der Waals surface area contributed by atoms with Crippen LogP contribution in [0.3, 0.4) is 0 Å². The highest BCUT2D eigenvalue weighted by Crippen LogP contribution is 2.24. The summed E-state index contributed by atoms with van der Waals surface area (Å²) in [4.78, 5) is 12.4. The zero-order valence-corrected chi connectivity index (χ0v) is 9.41. The number of aliphatic hydroxyl groups excluding tert-OH is 1. The van der Waals surface area contributed by atoms with Crippen LogP contribution in [0.1, 0.15) is 11.1 Å². The molecule has 17 heavy (non-hydrogen) atoms. The number of fused-ring (bicyclic) bond motifs is 1. The van der Waals surface area contributed by atoms with E-state index in [9.17, 15) is 9.90 Å². The average Bonchev–Trinajstić information content (AvgIpc) is 2.36. The molecular weight excluding hydrogens is 220 g/mol. The third-order valence-corrected chi connectivity index (χ3v) is 3.22. The Balaban J connectivity index is 2.31. The van der Waals surface area contributed by atoms with Crippen molar-refractivity contribution in [3.63, 3.8) is 0 Å². The third-order valence-electron chi connectivity index (χ3n) is 3.22. The predicted molar refractivity (Wildman–Crippen MR) is 62.6 cm³/mol. The van der Waals surface area contributed by atoms with Crippen LogP contribution in [0.5, 0.6) is 0 Å². The summed E-state index contributed by atoms with van der Waals surface area (Å²) in [6.07, 6.45) is -1.32. The Labute approximate surface area is 99.5 Å². The van der Waals surface area contributed by atoms with Crippen molar-refractivity contribution in [1.29, 1.82) is 0 Å². The number of carbonyl (C=O) groups is 1. The molecule has 92 valence electrons. The van der Waals surface area contributed by atoms with Crippen molar-refractivity contribution in [2.45, 2.75) is 25.1 Å². The fourth-order valence-corrected chi connectivity index (χ4v) is 2.26. The van der Waals surface area contributed by atoms with E-state index in [2.05, 4.69) is 0 Å². The first kappa shape index (κ1) is 11.9. The van der Waals surface area contributed by atoms with Crippen LogP contribution in [0.25, 0.3) is 0 Å². The second-order valence-electron chi connectivity index (χ2n) is 4.25. The summed E-state index contributed by atoms with van der Waals surface area (Å²) in [5.74, 6) is 0. The molecule has 5 nitrogen and oxygen atoms in total. The van der Waals surface area contributed by atoms with Crippen molar-refractivity contribution in [3.8, 4) is 0 Å². The van der Waals surface area contributed by atoms with E-state index in [1.165, 1.54) is 4.90 Å². The SMILES string of the molecule is NCC(O)[C@@H]1Cc2ccccc2CN1C(=O)O. The molecule has 0 bridgehead atoms. The topological polar surface area (TPSA) is 86.8 Å². The zero-order valence-electron chi connectivity index (χ0n) is 9.41. The van der Waals surface area contributed by atoms with Gasteiger partial charge in [0.2, 0.25) is 0 Å². The number of rotatable bonds is 2. The fraction of sp³-hybridized carbons (Fsp3) is 0.417. The van der Waals surface area contributed by atoms with E-state index in [1.807, 2.05) is 24.3 Å². The molecule has 4 N–H and O–H groups in total. The summed E-state index contributed by atoms with van der Waals surface area (Å²) in [6, 6.07) is 7.23. The van der Waals surface area contributed by atoms with Gasteiger partial charge >= 0.3 is 6.09 Å². The maximum Gasteiger partial charge on any atom is 0.407 e. The minimum absolute atomic E-state index is 0.0661. The number of amides is 1. The zero-order chi connectivity index (χ0) is 12.4. The highest BCUT2D eigenvalue weighted by atomic mass is 16.4. The lowest BCUT2D eigenvalue weighted by atomic mass is 9.91. The van der Waals surface area contributed by atoms with Gasteiger partial charge in [0.05, 0.1) is 12.1 Å². The van der Waals surface area contributed by atoms with Gasteiger partial charge in [0, 0.05) is 13.1 Å². The minimum atomic E-state index is -1.02. The van der Waals surface area contributed by atoms with Gasteiger partial charge in [0.25, 0.3) is 0 Å². The Morgan fingerprint density at radius 1 is 1.47 bits per heavy atom. The number of nitrogens with two attached hydrogens (primary N) is 1. The molecule has 0 radical (unpaired) electrons. The number of aliphatic hydroxyl groups is 1. The fourth-order valence-electron chi connectivity index (χ4n) is 2.26. The number of hydrogen-bond donors (Lipinski definition) is 3. The molecule has 2 rings (SSSR count). The van der Waals surface area contributed by atoms with E-state index in [1.54, 1.807) is 0 Å². The molecule has 0 aliphatic carbocycles. The van der Waals surface area contributed by atoms with Crippen LogP contribution in [0.15, 0.2) is 24.3 Å². The first-order chi connectivity index (χ1) is 8.13. The summed E-state index contributed by atoms with van der Waals surface area (Å²) < 4.78 is 0. The van der Waals surface area contributed by atoms with E-state index in [0.29, 0.717) is 13.0 Å². The van der Waals surface area contributed by atoms with Gasteiger partial charge < -0.3 is 15.9 Å². The summed E-state index contributed by atoms with van der Waals surface area (Å²) in [5.41, 5.74) is 7.50. The summed E-state index contributed by atoms with van der Waals surface area (Å²) in [7, 11) is 0. The summed E-state index contributed by atoms with van der Waals surface area (Å²) in [6.45, 7) is 0.379. The molecule has 0 spiro atoms. The van der Waals surface area contributed by atoms with Gasteiger partial charge in [-0.25, -0.2) is 4.79 Å². The Morgan fingerprint density at radius 2 is 2.12 bits per heavy atom. The minimum Gasteiger partial charge on any atom is -0.465 e. The highest BCUT2D eigenvalue weighted by Gasteiger charge is 2.33. The van der Waals surface area contributed by atoms with Crippen LogP contribution in [-0.4, -0.2) is 39.9 Å². The third kappa shape index (κ3) is 2.25. The molecule has 2 atom stereocenters. The smallest absolute Gasteiger partial charge is 0.407 e. The van der Waals surface area contributed by atoms with E-state index in [4.69, 9.17) is 10.8 Å². The van der Waals surface area contributed by atoms with Crippen LogP contribution in [-0.2, 0) is 13.0 Å². The lowest BCUT2D eigenvalue weighted by Crippen LogP contribution is -2.52. The molecule has 1 unspecified atom stereocenters. The Morgan fingerprint density at radius 3 is 2.71 bits per heavy atom. The molecule has 0 saturated carbocycles. The van der Waals surface area contributed by atoms with E-state index in [-0.39, 0.29) is 6.54 Å². The normalized spacial score (nSPS) is 20.8. The maximum atomic E-state index is 11.2. The van der Waals surface area contributed by atoms with E-state index >= 15 is 0 Å². The Kier molecular flexibility index (Phi) is 3.31. The van der Waals surface area contributed by atoms with Gasteiger partial charge in [-0.1, -0.05) is 24.3 Å². The van der Waals surface area contributed by atoms with Crippen molar-refractivity contribution in [2.75, 3.05) is 6.54 Å². The molecule has 1 aromatic rings. The first-order valence-corrected chi connectivity index (χ1v) is 5.58. The standard InChI is InChI=1S/C12H16N2O3/c13-6-11(15)10-5-8-3-1-2-4-9(8)7-14(10)12(16)17/h1-4,10-11,15H,5-7,13H2,(H,16,17)/t10-,11?/m0/s1. The Bertz CT molecular complexity index is 422. The van der Waals surface area contributed by atoms with Crippen LogP contribution >= 0.6 is 0 Å². The average molecular weight is 236 g/mol. The van der Waals surface area contributed by atoms with Gasteiger partial charge in [-0.3, -0.25) is 4.90 Å². The van der Waals surface area contributed by atoms with Gasteiger partial charge in [-0.15, -0.1) is 0 Å². The predicted octanol–water partition coefficient (Wildman–Crippen LogP) is 0.411. The van der Waals surface area contributed by atoms with Crippen LogP contribution in [0.2, 0.25) is 0 Å². The van der Waals surface area contributed by atoms with Crippen molar-refractivity contribution in [1.82, 2.24) is 4.90 Å². The van der Waals surface area contributed by atoms with Gasteiger partial charge in [0.1, 0.15) is 0 Å². The number of hydrogen-bond acceptors (Lipinski definition) is 3. The molecule has 1 aromatic carbocycles. The first-order valence-electron chi connectivity index (χ1n) is 5.58. The largest absolute Gasteiger partial charge is 0.465 e.